The lowest BCUT2D eigenvalue weighted by Gasteiger charge is -2.07. The number of hydrogen-bond acceptors (Lipinski definition) is 3. The smallest absolute Gasteiger partial charge is 0.258 e. The highest BCUT2D eigenvalue weighted by atomic mass is 16.3. The standard InChI is InChI=1S/C18H17N3O2/c19-7-5-12-10-20-16-4-3-15-14(17(12)16)6-8-21(18(15)22)11-13-2-1-9-23-13/h1-4,6,8-10,20H,5,7,11,19H2. The summed E-state index contributed by atoms with van der Waals surface area (Å²) in [4.78, 5) is 16.0. The molecule has 0 saturated heterocycles. The first-order valence-corrected chi connectivity index (χ1v) is 7.62. The number of aromatic amines is 1. The summed E-state index contributed by atoms with van der Waals surface area (Å²) in [6, 6.07) is 9.52. The molecule has 0 spiro atoms. The van der Waals surface area contributed by atoms with Gasteiger partial charge in [-0.25, -0.2) is 0 Å². The second-order valence-corrected chi connectivity index (χ2v) is 5.63. The number of benzene rings is 1. The molecule has 0 amide bonds. The van der Waals surface area contributed by atoms with Gasteiger partial charge in [0.05, 0.1) is 12.8 Å². The number of nitrogens with one attached hydrogen (secondary N) is 1. The van der Waals surface area contributed by atoms with Crippen LogP contribution >= 0.6 is 0 Å². The fraction of sp³-hybridized carbons (Fsp3) is 0.167. The number of H-pyrrole nitrogens is 1. The van der Waals surface area contributed by atoms with Crippen molar-refractivity contribution in [1.82, 2.24) is 9.55 Å². The molecule has 23 heavy (non-hydrogen) atoms. The van der Waals surface area contributed by atoms with E-state index in [-0.39, 0.29) is 5.56 Å². The van der Waals surface area contributed by atoms with Crippen LogP contribution in [0.2, 0.25) is 0 Å². The van der Waals surface area contributed by atoms with Crippen LogP contribution in [0.25, 0.3) is 21.7 Å². The molecule has 0 radical (unpaired) electrons. The number of rotatable bonds is 4. The topological polar surface area (TPSA) is 77.0 Å². The van der Waals surface area contributed by atoms with Crippen LogP contribution in [0.1, 0.15) is 11.3 Å². The third-order valence-electron chi connectivity index (χ3n) is 4.20. The van der Waals surface area contributed by atoms with Crippen LogP contribution in [-0.4, -0.2) is 16.1 Å². The maximum Gasteiger partial charge on any atom is 0.258 e. The first kappa shape index (κ1) is 13.8. The summed E-state index contributed by atoms with van der Waals surface area (Å²) in [5.74, 6) is 0.762. The monoisotopic (exact) mass is 307 g/mol. The normalized spacial score (nSPS) is 11.5. The van der Waals surface area contributed by atoms with Crippen molar-refractivity contribution in [3.05, 3.63) is 70.7 Å². The zero-order valence-corrected chi connectivity index (χ0v) is 12.6. The van der Waals surface area contributed by atoms with Gasteiger partial charge in [0.2, 0.25) is 0 Å². The van der Waals surface area contributed by atoms with Crippen LogP contribution in [0.3, 0.4) is 0 Å². The zero-order valence-electron chi connectivity index (χ0n) is 12.6. The molecule has 0 atom stereocenters. The van der Waals surface area contributed by atoms with Crippen molar-refractivity contribution in [2.24, 2.45) is 5.73 Å². The molecule has 3 N–H and O–H groups in total. The summed E-state index contributed by atoms with van der Waals surface area (Å²) in [5, 5.41) is 2.77. The molecule has 0 fully saturated rings. The third-order valence-corrected chi connectivity index (χ3v) is 4.20. The lowest BCUT2D eigenvalue weighted by atomic mass is 10.0. The quantitative estimate of drug-likeness (QED) is 0.608. The van der Waals surface area contributed by atoms with E-state index < -0.39 is 0 Å². The Balaban J connectivity index is 1.92. The second kappa shape index (κ2) is 5.44. The zero-order chi connectivity index (χ0) is 15.8. The van der Waals surface area contributed by atoms with Crippen molar-refractivity contribution in [2.45, 2.75) is 13.0 Å². The molecule has 1 aromatic carbocycles. The van der Waals surface area contributed by atoms with E-state index in [2.05, 4.69) is 4.98 Å². The number of nitrogens with two attached hydrogens (primary N) is 1. The number of aromatic nitrogens is 2. The van der Waals surface area contributed by atoms with Gasteiger partial charge in [-0.3, -0.25) is 4.79 Å². The Hall–Kier alpha value is -2.79. The van der Waals surface area contributed by atoms with Crippen molar-refractivity contribution in [1.29, 1.82) is 0 Å². The Morgan fingerprint density at radius 3 is 2.87 bits per heavy atom. The lowest BCUT2D eigenvalue weighted by Crippen LogP contribution is -2.19. The summed E-state index contributed by atoms with van der Waals surface area (Å²) in [5.41, 5.74) is 7.86. The average Bonchev–Trinajstić information content (AvgIpc) is 3.20. The highest BCUT2D eigenvalue weighted by Crippen LogP contribution is 2.26. The van der Waals surface area contributed by atoms with E-state index in [4.69, 9.17) is 10.2 Å². The van der Waals surface area contributed by atoms with Gasteiger partial charge < -0.3 is 19.7 Å². The Bertz CT molecular complexity index is 1030. The SMILES string of the molecule is NCCc1c[nH]c2ccc3c(=O)n(Cc4ccco4)ccc3c12. The van der Waals surface area contributed by atoms with E-state index in [9.17, 15) is 4.79 Å². The van der Waals surface area contributed by atoms with Crippen molar-refractivity contribution in [3.8, 4) is 0 Å². The third kappa shape index (κ3) is 2.26. The van der Waals surface area contributed by atoms with E-state index in [1.54, 1.807) is 10.8 Å². The molecule has 0 bridgehead atoms. The predicted molar refractivity (Wildman–Crippen MR) is 90.6 cm³/mol. The lowest BCUT2D eigenvalue weighted by molar-refractivity contribution is 0.490. The summed E-state index contributed by atoms with van der Waals surface area (Å²) in [6.45, 7) is 1.02. The molecular formula is C18H17N3O2. The summed E-state index contributed by atoms with van der Waals surface area (Å²) >= 11 is 0. The van der Waals surface area contributed by atoms with Gasteiger partial charge in [-0.15, -0.1) is 0 Å². The van der Waals surface area contributed by atoms with Crippen LogP contribution < -0.4 is 11.3 Å². The van der Waals surface area contributed by atoms with E-state index in [0.717, 1.165) is 34.0 Å². The van der Waals surface area contributed by atoms with Crippen molar-refractivity contribution >= 4 is 21.7 Å². The van der Waals surface area contributed by atoms with Crippen LogP contribution in [0.5, 0.6) is 0 Å². The van der Waals surface area contributed by atoms with E-state index in [1.807, 2.05) is 42.7 Å². The minimum Gasteiger partial charge on any atom is -0.467 e. The summed E-state index contributed by atoms with van der Waals surface area (Å²) in [6.07, 6.45) is 6.20. The molecular weight excluding hydrogens is 290 g/mol. The first-order valence-electron chi connectivity index (χ1n) is 7.62. The molecule has 0 aliphatic heterocycles. The molecule has 5 nitrogen and oxygen atoms in total. The summed E-state index contributed by atoms with van der Waals surface area (Å²) < 4.78 is 7.00. The number of nitrogens with zero attached hydrogens (tertiary/aromatic N) is 1. The molecule has 0 unspecified atom stereocenters. The van der Waals surface area contributed by atoms with Crippen LogP contribution in [0.4, 0.5) is 0 Å². The van der Waals surface area contributed by atoms with Crippen LogP contribution in [-0.2, 0) is 13.0 Å². The fourth-order valence-electron chi connectivity index (χ4n) is 3.12. The van der Waals surface area contributed by atoms with Crippen molar-refractivity contribution in [3.63, 3.8) is 0 Å². The minimum absolute atomic E-state index is 0.0132. The van der Waals surface area contributed by atoms with E-state index in [1.165, 1.54) is 0 Å². The first-order chi connectivity index (χ1) is 11.3. The largest absolute Gasteiger partial charge is 0.467 e. The number of fused-ring (bicyclic) bond motifs is 3. The highest BCUT2D eigenvalue weighted by Gasteiger charge is 2.11. The van der Waals surface area contributed by atoms with Gasteiger partial charge in [0.15, 0.2) is 0 Å². The Kier molecular flexibility index (Phi) is 3.28. The molecule has 0 aliphatic carbocycles. The fourth-order valence-corrected chi connectivity index (χ4v) is 3.12. The second-order valence-electron chi connectivity index (χ2n) is 5.63. The number of hydrogen-bond donors (Lipinski definition) is 2. The summed E-state index contributed by atoms with van der Waals surface area (Å²) in [7, 11) is 0. The van der Waals surface area contributed by atoms with Crippen molar-refractivity contribution < 1.29 is 4.42 Å². The van der Waals surface area contributed by atoms with Crippen molar-refractivity contribution in [2.75, 3.05) is 6.54 Å². The van der Waals surface area contributed by atoms with E-state index in [0.29, 0.717) is 18.5 Å². The van der Waals surface area contributed by atoms with Gasteiger partial charge >= 0.3 is 0 Å². The number of furan rings is 1. The molecule has 0 saturated carbocycles. The van der Waals surface area contributed by atoms with Crippen LogP contribution in [0.15, 0.2) is 58.2 Å². The maximum atomic E-state index is 12.8. The van der Waals surface area contributed by atoms with Gasteiger partial charge in [0.25, 0.3) is 5.56 Å². The molecule has 4 rings (SSSR count). The maximum absolute atomic E-state index is 12.8. The number of pyridine rings is 1. The van der Waals surface area contributed by atoms with Gasteiger partial charge in [-0.1, -0.05) is 0 Å². The Morgan fingerprint density at radius 1 is 1.17 bits per heavy atom. The van der Waals surface area contributed by atoms with Gasteiger partial charge in [0.1, 0.15) is 5.76 Å². The molecule has 0 aliphatic rings. The van der Waals surface area contributed by atoms with Crippen LogP contribution in [0, 0.1) is 0 Å². The average molecular weight is 307 g/mol. The molecule has 3 aromatic heterocycles. The predicted octanol–water partition coefficient (Wildman–Crippen LogP) is 2.63. The minimum atomic E-state index is -0.0132. The van der Waals surface area contributed by atoms with Gasteiger partial charge in [-0.2, -0.15) is 0 Å². The molecule has 116 valence electrons. The highest BCUT2D eigenvalue weighted by molar-refractivity contribution is 6.07. The molecule has 5 heteroatoms. The molecule has 3 heterocycles. The molecule has 4 aromatic rings. The van der Waals surface area contributed by atoms with Gasteiger partial charge in [0, 0.05) is 28.7 Å². The van der Waals surface area contributed by atoms with E-state index >= 15 is 0 Å². The Labute approximate surface area is 132 Å². The Morgan fingerprint density at radius 2 is 2.09 bits per heavy atom. The van der Waals surface area contributed by atoms with Gasteiger partial charge in [-0.05, 0) is 54.2 Å².